The SMILES string of the molecule is O=[P+]([O-])[C@H](O)CBr.O=[P+]([O-])[C@H](O)CBr.[Ca+2]. The fraction of sp³-hybridized carbons (Fsp3) is 1.00. The van der Waals surface area contributed by atoms with Gasteiger partial charge in [-0.3, -0.25) is 0 Å². The first kappa shape index (κ1) is 22.4. The Labute approximate surface area is 135 Å². The maximum absolute atomic E-state index is 9.69. The van der Waals surface area contributed by atoms with Crippen molar-refractivity contribution < 1.29 is 29.1 Å². The van der Waals surface area contributed by atoms with E-state index in [-0.39, 0.29) is 48.4 Å². The molecule has 0 saturated carbocycles. The first-order valence-corrected chi connectivity index (χ1v) is 7.85. The molecule has 15 heavy (non-hydrogen) atoms. The summed E-state index contributed by atoms with van der Waals surface area (Å²) in [6, 6.07) is 0. The van der Waals surface area contributed by atoms with Crippen molar-refractivity contribution >= 4 is 85.7 Å². The van der Waals surface area contributed by atoms with Gasteiger partial charge in [-0.2, -0.15) is 0 Å². The van der Waals surface area contributed by atoms with Gasteiger partial charge in [-0.15, -0.1) is 0 Å². The van der Waals surface area contributed by atoms with Gasteiger partial charge >= 0.3 is 53.8 Å². The quantitative estimate of drug-likeness (QED) is 0.354. The monoisotopic (exact) mass is 412 g/mol. The summed E-state index contributed by atoms with van der Waals surface area (Å²) >= 11 is 5.56. The molecule has 0 aromatic heterocycles. The maximum atomic E-state index is 9.69. The van der Waals surface area contributed by atoms with Crippen molar-refractivity contribution in [2.24, 2.45) is 0 Å². The average molecular weight is 414 g/mol. The van der Waals surface area contributed by atoms with Crippen LogP contribution in [0, 0.1) is 0 Å². The van der Waals surface area contributed by atoms with E-state index in [1.807, 2.05) is 0 Å². The van der Waals surface area contributed by atoms with Gasteiger partial charge in [0.25, 0.3) is 11.7 Å². The number of aliphatic hydroxyl groups is 2. The fourth-order valence-corrected chi connectivity index (χ4v) is 1.76. The van der Waals surface area contributed by atoms with E-state index in [0.717, 1.165) is 0 Å². The second kappa shape index (κ2) is 14.3. The number of hydrogen-bond donors (Lipinski definition) is 2. The molecule has 0 aliphatic rings. The van der Waals surface area contributed by atoms with Crippen LogP contribution in [0.2, 0.25) is 0 Å². The van der Waals surface area contributed by atoms with Gasteiger partial charge in [-0.05, 0) is 0 Å². The minimum Gasteiger partial charge on any atom is -0.593 e. The molecule has 2 unspecified atom stereocenters. The topological polar surface area (TPSA) is 121 Å². The molecule has 0 bridgehead atoms. The van der Waals surface area contributed by atoms with Gasteiger partial charge in [-0.1, -0.05) is 41.0 Å². The zero-order chi connectivity index (χ0) is 11.7. The van der Waals surface area contributed by atoms with Gasteiger partial charge in [0.15, 0.2) is 0 Å². The van der Waals surface area contributed by atoms with Crippen LogP contribution in [-0.4, -0.2) is 70.3 Å². The molecule has 0 aliphatic carbocycles. The Kier molecular flexibility index (Phi) is 21.4. The molecule has 6 nitrogen and oxygen atoms in total. The Morgan fingerprint density at radius 2 is 1.20 bits per heavy atom. The Hall–Kier alpha value is 2.26. The van der Waals surface area contributed by atoms with E-state index in [9.17, 15) is 18.9 Å². The standard InChI is InChI=1S/2C2H4BrO3P.Ca/c2*3-1-2(4)7(5)6;/h2*2,4H,1H2;/q;;+2/t2*2-;/m00./s1. The number of aliphatic hydroxyl groups excluding tert-OH is 2. The molecule has 0 saturated heterocycles. The van der Waals surface area contributed by atoms with Crippen LogP contribution in [-0.2, 0) is 9.13 Å². The molecule has 0 heterocycles. The van der Waals surface area contributed by atoms with E-state index >= 15 is 0 Å². The van der Waals surface area contributed by atoms with Crippen molar-refractivity contribution in [3.63, 3.8) is 0 Å². The average Bonchev–Trinajstić information content (AvgIpc) is 2.15. The predicted molar refractivity (Wildman–Crippen MR) is 60.6 cm³/mol. The Bertz CT molecular complexity index is 176. The zero-order valence-corrected chi connectivity index (χ0v) is 14.6. The first-order valence-electron chi connectivity index (χ1n) is 3.11. The van der Waals surface area contributed by atoms with E-state index in [1.54, 1.807) is 0 Å². The van der Waals surface area contributed by atoms with Crippen LogP contribution in [0.1, 0.15) is 0 Å². The molecule has 2 N–H and O–H groups in total. The number of rotatable bonds is 4. The number of alkyl halides is 2. The van der Waals surface area contributed by atoms with Gasteiger partial charge in [0.1, 0.15) is 0 Å². The predicted octanol–water partition coefficient (Wildman–Crippen LogP) is -0.776. The van der Waals surface area contributed by atoms with Gasteiger partial charge in [0, 0.05) is 0 Å². The van der Waals surface area contributed by atoms with E-state index in [1.165, 1.54) is 0 Å². The van der Waals surface area contributed by atoms with Gasteiger partial charge in [0.2, 0.25) is 0 Å². The smallest absolute Gasteiger partial charge is 0.593 e. The second-order valence-corrected chi connectivity index (χ2v) is 5.47. The zero-order valence-electron chi connectivity index (χ0n) is 7.45. The van der Waals surface area contributed by atoms with Crippen molar-refractivity contribution in [2.75, 3.05) is 10.7 Å². The third kappa shape index (κ3) is 16.3. The normalized spacial score (nSPS) is 15.1. The summed E-state index contributed by atoms with van der Waals surface area (Å²) in [7, 11) is -5.31. The Morgan fingerprint density at radius 3 is 1.20 bits per heavy atom. The summed E-state index contributed by atoms with van der Waals surface area (Å²) in [4.78, 5) is 19.4. The minimum absolute atomic E-state index is 0. The van der Waals surface area contributed by atoms with Crippen LogP contribution >= 0.6 is 47.9 Å². The van der Waals surface area contributed by atoms with Crippen LogP contribution in [0.25, 0.3) is 0 Å². The summed E-state index contributed by atoms with van der Waals surface area (Å²) < 4.78 is 19.4. The van der Waals surface area contributed by atoms with E-state index in [2.05, 4.69) is 31.9 Å². The molecule has 0 fully saturated rings. The molecular weight excluding hydrogens is 406 g/mol. The van der Waals surface area contributed by atoms with E-state index < -0.39 is 27.7 Å². The number of halogens is 2. The largest absolute Gasteiger partial charge is 2.00 e. The summed E-state index contributed by atoms with van der Waals surface area (Å²) in [5.74, 6) is -2.45. The summed E-state index contributed by atoms with van der Waals surface area (Å²) in [6.07, 6.45) is 0. The summed E-state index contributed by atoms with van der Waals surface area (Å²) in [6.45, 7) is 0. The van der Waals surface area contributed by atoms with Crippen molar-refractivity contribution in [3.8, 4) is 0 Å². The molecule has 11 heteroatoms. The van der Waals surface area contributed by atoms with Crippen LogP contribution < -0.4 is 9.79 Å². The van der Waals surface area contributed by atoms with Gasteiger partial charge < -0.3 is 20.0 Å². The van der Waals surface area contributed by atoms with Crippen LogP contribution in [0.15, 0.2) is 0 Å². The molecular formula is C4H8Br2CaO6P2+2. The van der Waals surface area contributed by atoms with Crippen molar-refractivity contribution in [2.45, 2.75) is 11.7 Å². The Balaban J connectivity index is -0.000000180. The molecule has 0 radical (unpaired) electrons. The van der Waals surface area contributed by atoms with Gasteiger partial charge in [-0.25, -0.2) is 0 Å². The molecule has 0 spiro atoms. The summed E-state index contributed by atoms with van der Waals surface area (Å²) in [5, 5.41) is 16.8. The minimum atomic E-state index is -2.65. The second-order valence-electron chi connectivity index (χ2n) is 1.84. The molecule has 0 aromatic rings. The van der Waals surface area contributed by atoms with E-state index in [0.29, 0.717) is 0 Å². The third-order valence-electron chi connectivity index (χ3n) is 0.763. The van der Waals surface area contributed by atoms with Crippen molar-refractivity contribution in [3.05, 3.63) is 0 Å². The summed E-state index contributed by atoms with van der Waals surface area (Å²) in [5.41, 5.74) is 0. The van der Waals surface area contributed by atoms with Crippen LogP contribution in [0.3, 0.4) is 0 Å². The first-order chi connectivity index (χ1) is 6.36. The van der Waals surface area contributed by atoms with Gasteiger partial charge in [0.05, 0.1) is 10.7 Å². The van der Waals surface area contributed by atoms with Crippen molar-refractivity contribution in [1.29, 1.82) is 0 Å². The van der Waals surface area contributed by atoms with Crippen molar-refractivity contribution in [1.82, 2.24) is 0 Å². The third-order valence-corrected chi connectivity index (χ3v) is 4.33. The molecule has 4 atom stereocenters. The maximum Gasteiger partial charge on any atom is 2.00 e. The van der Waals surface area contributed by atoms with E-state index in [4.69, 9.17) is 10.2 Å². The molecule has 84 valence electrons. The molecule has 0 amide bonds. The Morgan fingerprint density at radius 1 is 1.00 bits per heavy atom. The molecule has 0 aliphatic heterocycles. The molecule has 0 rings (SSSR count). The number of hydrogen-bond acceptors (Lipinski definition) is 6. The molecule has 0 aromatic carbocycles. The van der Waals surface area contributed by atoms with Crippen LogP contribution in [0.5, 0.6) is 0 Å². The fourth-order valence-electron chi connectivity index (χ4n) is 0.113. The van der Waals surface area contributed by atoms with Crippen LogP contribution in [0.4, 0.5) is 0 Å².